The molecule has 1 aromatic heterocycles. The van der Waals surface area contributed by atoms with E-state index in [2.05, 4.69) is 15.6 Å². The lowest BCUT2D eigenvalue weighted by molar-refractivity contribution is 0.101. The Morgan fingerprint density at radius 1 is 0.821 bits per heavy atom. The molecule has 0 aliphatic rings. The number of amides is 1. The number of ketones is 1. The van der Waals surface area contributed by atoms with Crippen LogP contribution in [0.15, 0.2) is 66.9 Å². The summed E-state index contributed by atoms with van der Waals surface area (Å²) in [6.07, 6.45) is 1.60. The normalized spacial score (nSPS) is 10.2. The lowest BCUT2D eigenvalue weighted by Gasteiger charge is -2.13. The Kier molecular flexibility index (Phi) is 5.69. The molecule has 0 unspecified atom stereocenters. The number of pyridine rings is 1. The summed E-state index contributed by atoms with van der Waals surface area (Å²) in [6, 6.07) is 18.2. The highest BCUT2D eigenvalue weighted by Crippen LogP contribution is 2.18. The molecule has 1 heterocycles. The third-order valence-corrected chi connectivity index (χ3v) is 4.22. The standard InChI is InChI=1S/C22H22N4O2/c1-15(27)16-4-6-17(7-5-16)24-19-10-13-21(23-14-19)22(28)25-18-8-11-20(12-9-18)26(2)3/h4-14,24H,1-3H3,(H,25,28). The number of nitrogens with zero attached hydrogens (tertiary/aromatic N) is 2. The molecule has 2 N–H and O–H groups in total. The molecule has 0 spiro atoms. The summed E-state index contributed by atoms with van der Waals surface area (Å²) in [7, 11) is 3.93. The van der Waals surface area contributed by atoms with E-state index >= 15 is 0 Å². The highest BCUT2D eigenvalue weighted by atomic mass is 16.2. The number of carbonyl (C=O) groups excluding carboxylic acids is 2. The van der Waals surface area contributed by atoms with Gasteiger partial charge in [-0.2, -0.15) is 0 Å². The van der Waals surface area contributed by atoms with Gasteiger partial charge in [-0.3, -0.25) is 9.59 Å². The van der Waals surface area contributed by atoms with Gasteiger partial charge in [0.15, 0.2) is 5.78 Å². The van der Waals surface area contributed by atoms with E-state index in [1.54, 1.807) is 30.5 Å². The fraction of sp³-hybridized carbons (Fsp3) is 0.136. The summed E-state index contributed by atoms with van der Waals surface area (Å²) in [5.74, 6) is -0.241. The molecule has 0 aliphatic heterocycles. The number of hydrogen-bond donors (Lipinski definition) is 2. The van der Waals surface area contributed by atoms with Gasteiger partial charge in [0.2, 0.25) is 0 Å². The molecule has 0 fully saturated rings. The average Bonchev–Trinajstić information content (AvgIpc) is 2.69. The van der Waals surface area contributed by atoms with Gasteiger partial charge in [-0.25, -0.2) is 4.98 Å². The van der Waals surface area contributed by atoms with E-state index in [-0.39, 0.29) is 11.7 Å². The maximum absolute atomic E-state index is 12.4. The first-order chi connectivity index (χ1) is 13.4. The molecule has 142 valence electrons. The molecule has 1 amide bonds. The van der Waals surface area contributed by atoms with Gasteiger partial charge in [0.05, 0.1) is 11.9 Å². The molecular weight excluding hydrogens is 352 g/mol. The van der Waals surface area contributed by atoms with Crippen LogP contribution in [0.25, 0.3) is 0 Å². The zero-order chi connectivity index (χ0) is 20.1. The van der Waals surface area contributed by atoms with E-state index in [0.717, 1.165) is 17.1 Å². The summed E-state index contributed by atoms with van der Waals surface area (Å²) in [4.78, 5) is 29.9. The SMILES string of the molecule is CC(=O)c1ccc(Nc2ccc(C(=O)Nc3ccc(N(C)C)cc3)nc2)cc1. The summed E-state index contributed by atoms with van der Waals surface area (Å²) in [6.45, 7) is 1.53. The lowest BCUT2D eigenvalue weighted by atomic mass is 10.1. The van der Waals surface area contributed by atoms with Crippen molar-refractivity contribution in [1.82, 2.24) is 4.98 Å². The number of hydrogen-bond acceptors (Lipinski definition) is 5. The maximum atomic E-state index is 12.4. The van der Waals surface area contributed by atoms with Crippen molar-refractivity contribution in [2.24, 2.45) is 0 Å². The summed E-state index contributed by atoms with van der Waals surface area (Å²) in [5, 5.41) is 6.03. The van der Waals surface area contributed by atoms with Crippen molar-refractivity contribution < 1.29 is 9.59 Å². The lowest BCUT2D eigenvalue weighted by Crippen LogP contribution is -2.14. The van der Waals surface area contributed by atoms with Crippen LogP contribution in [0.1, 0.15) is 27.8 Å². The Balaban J connectivity index is 1.63. The van der Waals surface area contributed by atoms with E-state index in [0.29, 0.717) is 16.9 Å². The molecule has 0 saturated heterocycles. The van der Waals surface area contributed by atoms with E-state index in [1.165, 1.54) is 6.92 Å². The third-order valence-electron chi connectivity index (χ3n) is 4.22. The number of anilines is 4. The van der Waals surface area contributed by atoms with Crippen molar-refractivity contribution in [2.75, 3.05) is 29.6 Å². The van der Waals surface area contributed by atoms with Crippen molar-refractivity contribution in [3.8, 4) is 0 Å². The summed E-state index contributed by atoms with van der Waals surface area (Å²) in [5.41, 5.74) is 4.35. The predicted molar refractivity (Wildman–Crippen MR) is 113 cm³/mol. The van der Waals surface area contributed by atoms with Crippen LogP contribution in [0.5, 0.6) is 0 Å². The van der Waals surface area contributed by atoms with Crippen LogP contribution in [0.2, 0.25) is 0 Å². The van der Waals surface area contributed by atoms with E-state index in [4.69, 9.17) is 0 Å². The van der Waals surface area contributed by atoms with Crippen LogP contribution >= 0.6 is 0 Å². The number of aromatic nitrogens is 1. The van der Waals surface area contributed by atoms with Gasteiger partial charge in [-0.05, 0) is 67.6 Å². The molecule has 2 aromatic carbocycles. The maximum Gasteiger partial charge on any atom is 0.274 e. The van der Waals surface area contributed by atoms with Crippen LogP contribution in [0.3, 0.4) is 0 Å². The van der Waals surface area contributed by atoms with Gasteiger partial charge < -0.3 is 15.5 Å². The smallest absolute Gasteiger partial charge is 0.274 e. The quantitative estimate of drug-likeness (QED) is 0.628. The van der Waals surface area contributed by atoms with Crippen molar-refractivity contribution in [3.63, 3.8) is 0 Å². The molecule has 0 atom stereocenters. The molecule has 3 rings (SSSR count). The van der Waals surface area contributed by atoms with Crippen molar-refractivity contribution in [3.05, 3.63) is 78.1 Å². The van der Waals surface area contributed by atoms with Gasteiger partial charge >= 0.3 is 0 Å². The minimum Gasteiger partial charge on any atom is -0.378 e. The largest absolute Gasteiger partial charge is 0.378 e. The van der Waals surface area contributed by atoms with Gasteiger partial charge in [0.25, 0.3) is 5.91 Å². The van der Waals surface area contributed by atoms with Crippen LogP contribution in [0.4, 0.5) is 22.7 Å². The topological polar surface area (TPSA) is 74.3 Å². The van der Waals surface area contributed by atoms with Crippen molar-refractivity contribution in [1.29, 1.82) is 0 Å². The molecule has 0 radical (unpaired) electrons. The van der Waals surface area contributed by atoms with Crippen LogP contribution in [-0.2, 0) is 0 Å². The Morgan fingerprint density at radius 2 is 1.43 bits per heavy atom. The second-order valence-corrected chi connectivity index (χ2v) is 6.59. The predicted octanol–water partition coefficient (Wildman–Crippen LogP) is 4.35. The van der Waals surface area contributed by atoms with Crippen LogP contribution in [0, 0.1) is 0 Å². The Bertz CT molecular complexity index is 963. The van der Waals surface area contributed by atoms with Gasteiger partial charge in [0.1, 0.15) is 5.69 Å². The second-order valence-electron chi connectivity index (χ2n) is 6.59. The molecule has 0 saturated carbocycles. The molecule has 0 bridgehead atoms. The molecule has 0 aliphatic carbocycles. The van der Waals surface area contributed by atoms with Crippen molar-refractivity contribution in [2.45, 2.75) is 6.92 Å². The summed E-state index contributed by atoms with van der Waals surface area (Å²) < 4.78 is 0. The molecular formula is C22H22N4O2. The Hall–Kier alpha value is -3.67. The van der Waals surface area contributed by atoms with Gasteiger partial charge in [-0.1, -0.05) is 0 Å². The zero-order valence-corrected chi connectivity index (χ0v) is 16.1. The van der Waals surface area contributed by atoms with Crippen LogP contribution in [-0.4, -0.2) is 30.8 Å². The third kappa shape index (κ3) is 4.73. The fourth-order valence-electron chi connectivity index (χ4n) is 2.60. The van der Waals surface area contributed by atoms with Crippen LogP contribution < -0.4 is 15.5 Å². The molecule has 3 aromatic rings. The van der Waals surface area contributed by atoms with Crippen molar-refractivity contribution >= 4 is 34.4 Å². The number of rotatable bonds is 6. The summed E-state index contributed by atoms with van der Waals surface area (Å²) >= 11 is 0. The number of Topliss-reactive ketones (excluding diaryl/α,β-unsaturated/α-hetero) is 1. The van der Waals surface area contributed by atoms with Gasteiger partial charge in [-0.15, -0.1) is 0 Å². The molecule has 6 heteroatoms. The Labute approximate surface area is 164 Å². The second kappa shape index (κ2) is 8.35. The monoisotopic (exact) mass is 374 g/mol. The van der Waals surface area contributed by atoms with Gasteiger partial charge in [0, 0.05) is 36.7 Å². The highest BCUT2D eigenvalue weighted by Gasteiger charge is 2.08. The fourth-order valence-corrected chi connectivity index (χ4v) is 2.60. The first-order valence-corrected chi connectivity index (χ1v) is 8.85. The zero-order valence-electron chi connectivity index (χ0n) is 16.1. The highest BCUT2D eigenvalue weighted by molar-refractivity contribution is 6.03. The number of nitrogens with one attached hydrogen (secondary N) is 2. The van der Waals surface area contributed by atoms with E-state index in [9.17, 15) is 9.59 Å². The number of carbonyl (C=O) groups is 2. The minimum atomic E-state index is -0.269. The van der Waals surface area contributed by atoms with E-state index in [1.807, 2.05) is 55.4 Å². The minimum absolute atomic E-state index is 0.0277. The molecule has 28 heavy (non-hydrogen) atoms. The Morgan fingerprint density at radius 3 is 1.96 bits per heavy atom. The molecule has 6 nitrogen and oxygen atoms in total. The van der Waals surface area contributed by atoms with E-state index < -0.39 is 0 Å². The number of benzene rings is 2. The average molecular weight is 374 g/mol. The first kappa shape index (κ1) is 19.1. The first-order valence-electron chi connectivity index (χ1n) is 8.85.